The minimum atomic E-state index is -1.02. The van der Waals surface area contributed by atoms with Gasteiger partial charge in [0.2, 0.25) is 0 Å². The molecular weight excluding hydrogens is 228 g/mol. The number of carbonyl (C=O) groups is 1. The number of nitrogen functional groups attached to an aromatic ring is 1. The van der Waals surface area contributed by atoms with Crippen LogP contribution in [0.3, 0.4) is 0 Å². The lowest BCUT2D eigenvalue weighted by molar-refractivity contribution is 0.0693. The van der Waals surface area contributed by atoms with Crippen LogP contribution in [0.2, 0.25) is 0 Å². The molecule has 16 heavy (non-hydrogen) atoms. The van der Waals surface area contributed by atoms with E-state index < -0.39 is 5.97 Å². The van der Waals surface area contributed by atoms with Crippen molar-refractivity contribution in [1.29, 1.82) is 0 Å². The third-order valence-electron chi connectivity index (χ3n) is 1.87. The van der Waals surface area contributed by atoms with Crippen LogP contribution in [-0.2, 0) is 0 Å². The first-order valence-corrected chi connectivity index (χ1v) is 5.15. The number of rotatable bonds is 3. The van der Waals surface area contributed by atoms with Gasteiger partial charge in [0.15, 0.2) is 5.16 Å². The standard InChI is InChI=1S/C9H8N4O2S/c10-6-3-1-2-5(8(14)15)7(6)16-9-11-4-12-13-9/h1-4H,10H2,(H,14,15)(H,11,12,13). The molecule has 0 atom stereocenters. The summed E-state index contributed by atoms with van der Waals surface area (Å²) in [6.45, 7) is 0. The Morgan fingerprint density at radius 1 is 1.50 bits per heavy atom. The van der Waals surface area contributed by atoms with Crippen LogP contribution >= 0.6 is 11.8 Å². The summed E-state index contributed by atoms with van der Waals surface area (Å²) in [5, 5.41) is 15.8. The van der Waals surface area contributed by atoms with E-state index in [1.165, 1.54) is 12.4 Å². The molecule has 0 unspecified atom stereocenters. The van der Waals surface area contributed by atoms with Gasteiger partial charge in [0.25, 0.3) is 0 Å². The fourth-order valence-corrected chi connectivity index (χ4v) is 2.02. The number of hydrogen-bond acceptors (Lipinski definition) is 5. The van der Waals surface area contributed by atoms with Crippen LogP contribution in [0.15, 0.2) is 34.6 Å². The van der Waals surface area contributed by atoms with Gasteiger partial charge in [-0.15, -0.1) is 0 Å². The molecule has 4 N–H and O–H groups in total. The van der Waals surface area contributed by atoms with Crippen molar-refractivity contribution < 1.29 is 9.90 Å². The second-order valence-corrected chi connectivity index (χ2v) is 3.92. The highest BCUT2D eigenvalue weighted by Crippen LogP contribution is 2.32. The Morgan fingerprint density at radius 3 is 2.94 bits per heavy atom. The highest BCUT2D eigenvalue weighted by atomic mass is 32.2. The van der Waals surface area contributed by atoms with Gasteiger partial charge in [0, 0.05) is 5.69 Å². The summed E-state index contributed by atoms with van der Waals surface area (Å²) in [5.41, 5.74) is 6.29. The van der Waals surface area contributed by atoms with Crippen molar-refractivity contribution in [2.75, 3.05) is 5.73 Å². The SMILES string of the molecule is Nc1cccc(C(=O)O)c1Sc1ncn[nH]1. The van der Waals surface area contributed by atoms with Crippen LogP contribution in [0.1, 0.15) is 10.4 Å². The molecule has 0 saturated carbocycles. The molecule has 0 aliphatic carbocycles. The maximum Gasteiger partial charge on any atom is 0.336 e. The van der Waals surface area contributed by atoms with Gasteiger partial charge in [-0.25, -0.2) is 9.78 Å². The monoisotopic (exact) mass is 236 g/mol. The first-order valence-electron chi connectivity index (χ1n) is 4.33. The fourth-order valence-electron chi connectivity index (χ4n) is 1.18. The van der Waals surface area contributed by atoms with E-state index in [4.69, 9.17) is 10.8 Å². The normalized spacial score (nSPS) is 10.2. The molecule has 2 rings (SSSR count). The Balaban J connectivity index is 2.42. The molecule has 0 bridgehead atoms. The van der Waals surface area contributed by atoms with Crippen LogP contribution in [0, 0.1) is 0 Å². The Kier molecular flexibility index (Phi) is 2.78. The number of nitrogens with one attached hydrogen (secondary N) is 1. The van der Waals surface area contributed by atoms with E-state index in [-0.39, 0.29) is 5.56 Å². The number of anilines is 1. The largest absolute Gasteiger partial charge is 0.478 e. The lowest BCUT2D eigenvalue weighted by atomic mass is 10.2. The van der Waals surface area contributed by atoms with Crippen molar-refractivity contribution in [2.45, 2.75) is 10.1 Å². The van der Waals surface area contributed by atoms with Crippen molar-refractivity contribution in [1.82, 2.24) is 15.2 Å². The minimum absolute atomic E-state index is 0.154. The fraction of sp³-hybridized carbons (Fsp3) is 0. The van der Waals surface area contributed by atoms with Gasteiger partial charge in [0.05, 0.1) is 10.5 Å². The highest BCUT2D eigenvalue weighted by molar-refractivity contribution is 7.99. The quantitative estimate of drug-likeness (QED) is 0.692. The lowest BCUT2D eigenvalue weighted by Gasteiger charge is -2.06. The van der Waals surface area contributed by atoms with Gasteiger partial charge in [-0.2, -0.15) is 5.10 Å². The summed E-state index contributed by atoms with van der Waals surface area (Å²) in [6, 6.07) is 4.74. The molecule has 0 radical (unpaired) electrons. The third-order valence-corrected chi connectivity index (χ3v) is 2.92. The predicted molar refractivity (Wildman–Crippen MR) is 58.3 cm³/mol. The topological polar surface area (TPSA) is 105 Å². The second kappa shape index (κ2) is 4.23. The summed E-state index contributed by atoms with van der Waals surface area (Å²) < 4.78 is 0. The Morgan fingerprint density at radius 2 is 2.31 bits per heavy atom. The van der Waals surface area contributed by atoms with Crippen LogP contribution in [-0.4, -0.2) is 26.3 Å². The Bertz CT molecular complexity index is 512. The molecule has 2 aromatic rings. The summed E-state index contributed by atoms with van der Waals surface area (Å²) in [6.07, 6.45) is 1.35. The second-order valence-electron chi connectivity index (χ2n) is 2.92. The van der Waals surface area contributed by atoms with E-state index in [1.54, 1.807) is 12.1 Å². The molecule has 1 aromatic carbocycles. The summed E-state index contributed by atoms with van der Waals surface area (Å²) in [4.78, 5) is 15.4. The number of nitrogens with zero attached hydrogens (tertiary/aromatic N) is 2. The maximum absolute atomic E-state index is 11.0. The zero-order valence-corrected chi connectivity index (χ0v) is 8.86. The smallest absolute Gasteiger partial charge is 0.336 e. The number of benzene rings is 1. The predicted octanol–water partition coefficient (Wildman–Crippen LogP) is 1.24. The van der Waals surface area contributed by atoms with Crippen molar-refractivity contribution in [2.24, 2.45) is 0 Å². The maximum atomic E-state index is 11.0. The van der Waals surface area contributed by atoms with Gasteiger partial charge in [0.1, 0.15) is 6.33 Å². The average molecular weight is 236 g/mol. The number of aromatic nitrogens is 3. The van der Waals surface area contributed by atoms with Crippen LogP contribution < -0.4 is 5.73 Å². The molecule has 6 nitrogen and oxygen atoms in total. The number of carboxylic acids is 1. The van der Waals surface area contributed by atoms with E-state index in [2.05, 4.69) is 15.2 Å². The molecule has 0 aliphatic heterocycles. The molecule has 0 saturated heterocycles. The summed E-state index contributed by atoms with van der Waals surface area (Å²) >= 11 is 1.14. The van der Waals surface area contributed by atoms with Gasteiger partial charge in [-0.1, -0.05) is 6.07 Å². The van der Waals surface area contributed by atoms with E-state index >= 15 is 0 Å². The van der Waals surface area contributed by atoms with Crippen molar-refractivity contribution in [3.05, 3.63) is 30.1 Å². The molecule has 0 amide bonds. The first kappa shape index (κ1) is 10.5. The van der Waals surface area contributed by atoms with E-state index in [9.17, 15) is 4.79 Å². The molecule has 0 aliphatic rings. The van der Waals surface area contributed by atoms with E-state index in [1.807, 2.05) is 0 Å². The van der Waals surface area contributed by atoms with Gasteiger partial charge >= 0.3 is 5.97 Å². The number of aromatic carboxylic acids is 1. The van der Waals surface area contributed by atoms with Gasteiger partial charge in [-0.3, -0.25) is 5.10 Å². The minimum Gasteiger partial charge on any atom is -0.478 e. The molecule has 0 spiro atoms. The van der Waals surface area contributed by atoms with Crippen LogP contribution in [0.5, 0.6) is 0 Å². The van der Waals surface area contributed by atoms with Crippen LogP contribution in [0.25, 0.3) is 0 Å². The van der Waals surface area contributed by atoms with Crippen molar-refractivity contribution in [3.63, 3.8) is 0 Å². The zero-order valence-electron chi connectivity index (χ0n) is 8.04. The van der Waals surface area contributed by atoms with Crippen molar-refractivity contribution in [3.8, 4) is 0 Å². The zero-order chi connectivity index (χ0) is 11.5. The molecule has 0 fully saturated rings. The highest BCUT2D eigenvalue weighted by Gasteiger charge is 2.14. The molecule has 82 valence electrons. The molecular formula is C9H8N4O2S. The molecule has 1 aromatic heterocycles. The number of nitrogens with two attached hydrogens (primary N) is 1. The molecule has 1 heterocycles. The van der Waals surface area contributed by atoms with Gasteiger partial charge < -0.3 is 10.8 Å². The Hall–Kier alpha value is -2.02. The van der Waals surface area contributed by atoms with Gasteiger partial charge in [-0.05, 0) is 23.9 Å². The van der Waals surface area contributed by atoms with Crippen LogP contribution in [0.4, 0.5) is 5.69 Å². The number of carboxylic acid groups (broad SMARTS) is 1. The lowest BCUT2D eigenvalue weighted by Crippen LogP contribution is -2.01. The number of hydrogen-bond donors (Lipinski definition) is 3. The number of aromatic amines is 1. The summed E-state index contributed by atoms with van der Waals surface area (Å²) in [5.74, 6) is -1.02. The molecule has 7 heteroatoms. The summed E-state index contributed by atoms with van der Waals surface area (Å²) in [7, 11) is 0. The van der Waals surface area contributed by atoms with Crippen molar-refractivity contribution >= 4 is 23.4 Å². The first-order chi connectivity index (χ1) is 7.68. The Labute approximate surface area is 94.9 Å². The van der Waals surface area contributed by atoms with E-state index in [0.717, 1.165) is 11.8 Å². The van der Waals surface area contributed by atoms with E-state index in [0.29, 0.717) is 15.7 Å². The average Bonchev–Trinajstić information content (AvgIpc) is 2.73. The third kappa shape index (κ3) is 1.98. The number of H-pyrrole nitrogens is 1.